The van der Waals surface area contributed by atoms with Crippen molar-refractivity contribution in [3.8, 4) is 28.3 Å². The molecule has 4 aromatic rings. The van der Waals surface area contributed by atoms with Crippen LogP contribution in [0.4, 0.5) is 19.0 Å². The molecule has 42 heavy (non-hydrogen) atoms. The van der Waals surface area contributed by atoms with Crippen LogP contribution in [0, 0.1) is 11.3 Å². The maximum atomic E-state index is 11.9. The van der Waals surface area contributed by atoms with Gasteiger partial charge in [0, 0.05) is 101 Å². The monoisotopic (exact) mass is 581 g/mol. The number of aryl methyl sites for hydroxylation is 1. The molecule has 1 amide bonds. The maximum Gasteiger partial charge on any atom is 0.446 e. The van der Waals surface area contributed by atoms with Crippen LogP contribution in [0.3, 0.4) is 0 Å². The van der Waals surface area contributed by atoms with Crippen LogP contribution in [-0.4, -0.2) is 99.4 Å². The normalized spacial score (nSPS) is 13.8. The third kappa shape index (κ3) is 7.29. The number of halogens is 3. The van der Waals surface area contributed by atoms with Gasteiger partial charge in [0.1, 0.15) is 11.9 Å². The summed E-state index contributed by atoms with van der Waals surface area (Å²) in [5, 5.41) is 18.4. The molecule has 0 spiro atoms. The summed E-state index contributed by atoms with van der Waals surface area (Å²) in [6.45, 7) is 4.32. The van der Waals surface area contributed by atoms with Gasteiger partial charge in [0.25, 0.3) is 0 Å². The van der Waals surface area contributed by atoms with Gasteiger partial charge < -0.3 is 9.80 Å². The number of pyridine rings is 2. The highest BCUT2D eigenvalue weighted by molar-refractivity contribution is 5.87. The molecule has 0 unspecified atom stereocenters. The third-order valence-corrected chi connectivity index (χ3v) is 6.80. The van der Waals surface area contributed by atoms with Crippen LogP contribution in [0.5, 0.6) is 0 Å². The Bertz CT molecular complexity index is 1580. The van der Waals surface area contributed by atoms with E-state index in [-0.39, 0.29) is 5.91 Å². The summed E-state index contributed by atoms with van der Waals surface area (Å²) in [6.07, 6.45) is 4.00. The van der Waals surface area contributed by atoms with Crippen molar-refractivity contribution < 1.29 is 22.8 Å². The number of nitriles is 1. The molecular weight excluding hydrogens is 551 g/mol. The number of carbonyl (C=O) groups is 2. The number of aromatic nitrogens is 5. The number of anilines is 1. The van der Waals surface area contributed by atoms with Crippen LogP contribution >= 0.6 is 0 Å². The second-order valence-electron chi connectivity index (χ2n) is 9.94. The molecule has 1 aliphatic rings. The molecule has 5 heterocycles. The van der Waals surface area contributed by atoms with Crippen LogP contribution in [0.25, 0.3) is 27.8 Å². The summed E-state index contributed by atoms with van der Waals surface area (Å²) in [4.78, 5) is 31.6. The van der Waals surface area contributed by atoms with E-state index in [2.05, 4.69) is 38.2 Å². The average molecular weight is 582 g/mol. The van der Waals surface area contributed by atoms with Gasteiger partial charge in [0.2, 0.25) is 12.2 Å². The van der Waals surface area contributed by atoms with Crippen LogP contribution < -0.4 is 4.90 Å². The summed E-state index contributed by atoms with van der Waals surface area (Å²) in [5.41, 5.74) is 5.05. The number of aldehydes is 1. The Labute approximate surface area is 240 Å². The van der Waals surface area contributed by atoms with E-state index in [9.17, 15) is 23.2 Å². The van der Waals surface area contributed by atoms with Crippen molar-refractivity contribution in [2.24, 2.45) is 7.05 Å². The molecular formula is C28H30F3N9O2. The van der Waals surface area contributed by atoms with Gasteiger partial charge in [-0.3, -0.25) is 19.2 Å². The Hall–Kier alpha value is -4.77. The van der Waals surface area contributed by atoms with Crippen LogP contribution in [0.2, 0.25) is 0 Å². The van der Waals surface area contributed by atoms with Gasteiger partial charge in [-0.2, -0.15) is 28.6 Å². The van der Waals surface area contributed by atoms with Crippen molar-refractivity contribution in [1.82, 2.24) is 34.2 Å². The van der Waals surface area contributed by atoms with Gasteiger partial charge >= 0.3 is 6.18 Å². The van der Waals surface area contributed by atoms with Gasteiger partial charge in [0.05, 0.1) is 23.5 Å². The number of carbonyl (C=O) groups excluding carboxylic acids is 2. The predicted molar refractivity (Wildman–Crippen MR) is 149 cm³/mol. The van der Waals surface area contributed by atoms with E-state index < -0.39 is 12.5 Å². The van der Waals surface area contributed by atoms with Crippen molar-refractivity contribution in [2.45, 2.75) is 12.6 Å². The lowest BCUT2D eigenvalue weighted by molar-refractivity contribution is -0.156. The minimum Gasteiger partial charge on any atom is -0.354 e. The van der Waals surface area contributed by atoms with Crippen molar-refractivity contribution in [2.75, 3.05) is 51.7 Å². The predicted octanol–water partition coefficient (Wildman–Crippen LogP) is 3.02. The van der Waals surface area contributed by atoms with E-state index in [4.69, 9.17) is 9.78 Å². The van der Waals surface area contributed by atoms with Crippen LogP contribution in [0.15, 0.2) is 49.2 Å². The van der Waals surface area contributed by atoms with E-state index >= 15 is 0 Å². The van der Waals surface area contributed by atoms with E-state index in [1.807, 2.05) is 37.9 Å². The first-order chi connectivity index (χ1) is 20.0. The van der Waals surface area contributed by atoms with Gasteiger partial charge in [-0.25, -0.2) is 9.50 Å². The molecule has 4 aromatic heterocycles. The SMILES string of the molecule is CN(C)C(=O)CCN1CCN(c2ccc(-c3cc(-c4cnn(C)c4)cn4ncc(C#N)c34)cn2)CC1.O=CC(F)(F)F. The molecule has 0 N–H and O–H groups in total. The van der Waals surface area contributed by atoms with Crippen molar-refractivity contribution in [3.05, 3.63) is 54.7 Å². The molecule has 0 saturated carbocycles. The quantitative estimate of drug-likeness (QED) is 0.319. The van der Waals surface area contributed by atoms with E-state index in [0.29, 0.717) is 12.0 Å². The molecule has 220 valence electrons. The molecule has 1 aliphatic heterocycles. The number of alkyl halides is 3. The second kappa shape index (κ2) is 12.8. The maximum absolute atomic E-state index is 11.9. The number of hydrogen-bond acceptors (Lipinski definition) is 8. The minimum atomic E-state index is -4.64. The number of piperazine rings is 1. The smallest absolute Gasteiger partial charge is 0.354 e. The Morgan fingerprint density at radius 1 is 1.05 bits per heavy atom. The second-order valence-corrected chi connectivity index (χ2v) is 9.94. The highest BCUT2D eigenvalue weighted by atomic mass is 19.4. The molecule has 1 fully saturated rings. The molecule has 0 aromatic carbocycles. The topological polar surface area (TPSA) is 116 Å². The molecule has 11 nitrogen and oxygen atoms in total. The number of nitrogens with zero attached hydrogens (tertiary/aromatic N) is 9. The standard InChI is InChI=1S/C26H29N9O.C2HF3O/c1-31(2)25(36)6-7-33-8-10-34(11-9-33)24-5-4-19(14-28-24)23-12-20(22-16-29-32(3)17-22)18-35-26(23)21(13-27)15-30-35;3-2(4,5)1-6/h4-5,12,14-18H,6-11H2,1-3H3;1H. The van der Waals surface area contributed by atoms with Crippen molar-refractivity contribution >= 4 is 23.5 Å². The minimum absolute atomic E-state index is 0.161. The fraction of sp³-hybridized carbons (Fsp3) is 0.357. The first kappa shape index (κ1) is 30.2. The Balaban J connectivity index is 0.000000612. The lowest BCUT2D eigenvalue weighted by Gasteiger charge is -2.35. The number of fused-ring (bicyclic) bond motifs is 1. The molecule has 1 saturated heterocycles. The van der Waals surface area contributed by atoms with Gasteiger partial charge in [-0.1, -0.05) is 0 Å². The summed E-state index contributed by atoms with van der Waals surface area (Å²) in [7, 11) is 5.48. The van der Waals surface area contributed by atoms with Gasteiger partial charge in [-0.05, 0) is 18.2 Å². The van der Waals surface area contributed by atoms with Crippen LogP contribution in [-0.2, 0) is 16.6 Å². The van der Waals surface area contributed by atoms with Gasteiger partial charge in [-0.15, -0.1) is 0 Å². The highest BCUT2D eigenvalue weighted by Crippen LogP contribution is 2.32. The first-order valence-corrected chi connectivity index (χ1v) is 13.1. The molecule has 0 radical (unpaired) electrons. The zero-order valence-electron chi connectivity index (χ0n) is 23.4. The van der Waals surface area contributed by atoms with Crippen molar-refractivity contribution in [1.29, 1.82) is 5.26 Å². The Morgan fingerprint density at radius 2 is 1.76 bits per heavy atom. The summed E-state index contributed by atoms with van der Waals surface area (Å²) < 4.78 is 34.8. The fourth-order valence-electron chi connectivity index (χ4n) is 4.56. The Kier molecular flexibility index (Phi) is 9.21. The zero-order chi connectivity index (χ0) is 30.4. The van der Waals surface area contributed by atoms with Crippen LogP contribution in [0.1, 0.15) is 12.0 Å². The number of hydrogen-bond donors (Lipinski definition) is 0. The molecule has 5 rings (SSSR count). The highest BCUT2D eigenvalue weighted by Gasteiger charge is 2.25. The molecule has 0 aliphatic carbocycles. The zero-order valence-corrected chi connectivity index (χ0v) is 23.4. The van der Waals surface area contributed by atoms with Crippen molar-refractivity contribution in [3.63, 3.8) is 0 Å². The summed E-state index contributed by atoms with van der Waals surface area (Å²) >= 11 is 0. The lowest BCUT2D eigenvalue weighted by atomic mass is 10.0. The molecule has 0 atom stereocenters. The summed E-state index contributed by atoms with van der Waals surface area (Å²) in [6, 6.07) is 8.42. The van der Waals surface area contributed by atoms with E-state index in [0.717, 1.165) is 66.3 Å². The lowest BCUT2D eigenvalue weighted by Crippen LogP contribution is -2.47. The van der Waals surface area contributed by atoms with Gasteiger partial charge in [0.15, 0.2) is 0 Å². The first-order valence-electron chi connectivity index (χ1n) is 13.1. The average Bonchev–Trinajstić information content (AvgIpc) is 3.61. The largest absolute Gasteiger partial charge is 0.446 e. The van der Waals surface area contributed by atoms with E-state index in [1.54, 1.807) is 34.4 Å². The molecule has 14 heteroatoms. The van der Waals surface area contributed by atoms with E-state index in [1.165, 1.54) is 0 Å². The number of rotatable bonds is 6. The third-order valence-electron chi connectivity index (χ3n) is 6.80. The summed E-state index contributed by atoms with van der Waals surface area (Å²) in [5.74, 6) is 1.09. The fourth-order valence-corrected chi connectivity index (χ4v) is 4.56. The molecule has 0 bridgehead atoms. The Morgan fingerprint density at radius 3 is 2.31 bits per heavy atom. The number of amides is 1.